The molecule has 7 atom stereocenters. The summed E-state index contributed by atoms with van der Waals surface area (Å²) in [7, 11) is 0. The zero-order chi connectivity index (χ0) is 23.6. The zero-order valence-corrected chi connectivity index (χ0v) is 19.7. The molecule has 2 saturated carbocycles. The molecule has 0 radical (unpaired) electrons. The van der Waals surface area contributed by atoms with Gasteiger partial charge in [0.25, 0.3) is 0 Å². The summed E-state index contributed by atoms with van der Waals surface area (Å²) in [5.41, 5.74) is -0.629. The van der Waals surface area contributed by atoms with Gasteiger partial charge < -0.3 is 14.9 Å². The minimum absolute atomic E-state index is 0.0128. The summed E-state index contributed by atoms with van der Waals surface area (Å²) in [6.07, 6.45) is 8.11. The molecule has 2 aliphatic heterocycles. The van der Waals surface area contributed by atoms with Gasteiger partial charge in [0.1, 0.15) is 12.1 Å². The first-order valence-corrected chi connectivity index (χ1v) is 12.7. The van der Waals surface area contributed by atoms with Gasteiger partial charge in [0.2, 0.25) is 11.8 Å². The molecule has 2 heterocycles. The minimum atomic E-state index is -0.629. The number of aliphatic hydroxyl groups is 1. The predicted octanol–water partition coefficient (Wildman–Crippen LogP) is 1.94. The fourth-order valence-electron chi connectivity index (χ4n) is 6.92. The third-order valence-electron chi connectivity index (χ3n) is 8.58. The highest BCUT2D eigenvalue weighted by Gasteiger charge is 2.50. The summed E-state index contributed by atoms with van der Waals surface area (Å²) in [4.78, 5) is 29.6. The molecule has 0 spiro atoms. The Morgan fingerprint density at radius 1 is 1.09 bits per heavy atom. The molecule has 0 aromatic carbocycles. The highest BCUT2D eigenvalue weighted by atomic mass is 16.3. The Hall–Kier alpha value is -2.16. The van der Waals surface area contributed by atoms with Gasteiger partial charge in [0, 0.05) is 13.1 Å². The van der Waals surface area contributed by atoms with Crippen molar-refractivity contribution in [3.8, 4) is 12.1 Å². The van der Waals surface area contributed by atoms with Crippen molar-refractivity contribution in [2.24, 2.45) is 17.8 Å². The maximum Gasteiger partial charge on any atom is 0.240 e. The molecule has 8 nitrogen and oxygen atoms in total. The maximum absolute atomic E-state index is 13.5. The number of nitriles is 2. The Morgan fingerprint density at radius 2 is 1.76 bits per heavy atom. The number of likely N-dealkylation sites (tertiary alicyclic amines) is 2. The van der Waals surface area contributed by atoms with Crippen LogP contribution in [0.15, 0.2) is 0 Å². The number of rotatable bonds is 7. The summed E-state index contributed by atoms with van der Waals surface area (Å²) >= 11 is 0. The van der Waals surface area contributed by atoms with E-state index in [1.807, 2.05) is 0 Å². The molecule has 0 aromatic heterocycles. The molecule has 4 rings (SSSR count). The molecule has 2 amide bonds. The number of nitrogens with one attached hydrogen (secondary N) is 1. The summed E-state index contributed by atoms with van der Waals surface area (Å²) < 4.78 is 0. The molecule has 180 valence electrons. The lowest BCUT2D eigenvalue weighted by atomic mass is 9.76. The van der Waals surface area contributed by atoms with Gasteiger partial charge in [0.05, 0.1) is 30.3 Å². The first kappa shape index (κ1) is 24.0. The van der Waals surface area contributed by atoms with Crippen molar-refractivity contribution >= 4 is 11.8 Å². The third-order valence-corrected chi connectivity index (χ3v) is 8.58. The first-order chi connectivity index (χ1) is 15.9. The molecule has 33 heavy (non-hydrogen) atoms. The number of hydrogen-bond acceptors (Lipinski definition) is 6. The number of carbonyl (C=O) groups is 2. The van der Waals surface area contributed by atoms with Gasteiger partial charge >= 0.3 is 0 Å². The van der Waals surface area contributed by atoms with E-state index in [4.69, 9.17) is 0 Å². The van der Waals surface area contributed by atoms with Gasteiger partial charge in [-0.1, -0.05) is 13.3 Å². The molecule has 2 N–H and O–H groups in total. The fraction of sp³-hybridized carbons (Fsp3) is 0.840. The Morgan fingerprint density at radius 3 is 2.42 bits per heavy atom. The molecular formula is C25H37N5O3. The fourth-order valence-corrected chi connectivity index (χ4v) is 6.92. The van der Waals surface area contributed by atoms with Crippen molar-refractivity contribution in [3.05, 3.63) is 0 Å². The van der Waals surface area contributed by atoms with Crippen molar-refractivity contribution in [1.29, 1.82) is 10.5 Å². The summed E-state index contributed by atoms with van der Waals surface area (Å²) in [5, 5.41) is 33.1. The van der Waals surface area contributed by atoms with E-state index >= 15 is 0 Å². The molecule has 2 saturated heterocycles. The average molecular weight is 456 g/mol. The van der Waals surface area contributed by atoms with Crippen LogP contribution in [0.1, 0.15) is 71.1 Å². The van der Waals surface area contributed by atoms with Crippen LogP contribution in [0, 0.1) is 40.4 Å². The normalized spacial score (nSPS) is 36.4. The highest BCUT2D eigenvalue weighted by molar-refractivity contribution is 5.84. The SMILES string of the molecule is CCC1CC2CC(O)(C1)CC2CC(NCC(=O)N1CCCC1C#N)C(=O)N1CCCC1C#N. The second-order valence-electron chi connectivity index (χ2n) is 10.7. The van der Waals surface area contributed by atoms with Crippen LogP contribution in [0.5, 0.6) is 0 Å². The van der Waals surface area contributed by atoms with Crippen LogP contribution in [-0.4, -0.2) is 70.1 Å². The van der Waals surface area contributed by atoms with Crippen LogP contribution in [0.4, 0.5) is 0 Å². The molecule has 7 unspecified atom stereocenters. The van der Waals surface area contributed by atoms with Crippen molar-refractivity contribution in [2.75, 3.05) is 19.6 Å². The van der Waals surface area contributed by atoms with Gasteiger partial charge in [-0.3, -0.25) is 14.9 Å². The molecule has 2 bridgehead atoms. The quantitative estimate of drug-likeness (QED) is 0.605. The minimum Gasteiger partial charge on any atom is -0.390 e. The van der Waals surface area contributed by atoms with Crippen molar-refractivity contribution < 1.29 is 14.7 Å². The summed E-state index contributed by atoms with van der Waals surface area (Å²) in [5.74, 6) is 0.899. The number of amides is 2. The lowest BCUT2D eigenvalue weighted by molar-refractivity contribution is -0.135. The van der Waals surface area contributed by atoms with Crippen molar-refractivity contribution in [1.82, 2.24) is 15.1 Å². The van der Waals surface area contributed by atoms with Crippen molar-refractivity contribution in [3.63, 3.8) is 0 Å². The average Bonchev–Trinajstić information content (AvgIpc) is 3.53. The Balaban J connectivity index is 1.46. The van der Waals surface area contributed by atoms with E-state index < -0.39 is 17.7 Å². The Bertz CT molecular complexity index is 835. The number of hydrogen-bond donors (Lipinski definition) is 2. The largest absolute Gasteiger partial charge is 0.390 e. The summed E-state index contributed by atoms with van der Waals surface area (Å²) in [6.45, 7) is 3.34. The highest BCUT2D eigenvalue weighted by Crippen LogP contribution is 2.52. The Kier molecular flexibility index (Phi) is 7.26. The molecular weight excluding hydrogens is 418 g/mol. The molecule has 0 aromatic rings. The molecule has 8 heteroatoms. The van der Waals surface area contributed by atoms with Gasteiger partial charge in [0.15, 0.2) is 0 Å². The first-order valence-electron chi connectivity index (χ1n) is 12.7. The van der Waals surface area contributed by atoms with Crippen LogP contribution in [0.25, 0.3) is 0 Å². The van der Waals surface area contributed by atoms with Gasteiger partial charge in [-0.05, 0) is 75.5 Å². The summed E-state index contributed by atoms with van der Waals surface area (Å²) in [6, 6.07) is 3.10. The van der Waals surface area contributed by atoms with E-state index in [-0.39, 0.29) is 30.3 Å². The van der Waals surface area contributed by atoms with E-state index in [1.165, 1.54) is 0 Å². The number of nitrogens with zero attached hydrogens (tertiary/aromatic N) is 4. The monoisotopic (exact) mass is 455 g/mol. The zero-order valence-electron chi connectivity index (χ0n) is 19.7. The lowest BCUT2D eigenvalue weighted by Crippen LogP contribution is -2.52. The molecule has 4 fully saturated rings. The van der Waals surface area contributed by atoms with Crippen LogP contribution < -0.4 is 5.32 Å². The van der Waals surface area contributed by atoms with E-state index in [0.717, 1.165) is 38.5 Å². The molecule has 4 aliphatic rings. The third kappa shape index (κ3) is 5.03. The van der Waals surface area contributed by atoms with Crippen molar-refractivity contribution in [2.45, 2.75) is 94.9 Å². The van der Waals surface area contributed by atoms with E-state index in [2.05, 4.69) is 24.4 Å². The van der Waals surface area contributed by atoms with Crippen LogP contribution >= 0.6 is 0 Å². The maximum atomic E-state index is 13.5. The topological polar surface area (TPSA) is 120 Å². The second kappa shape index (κ2) is 9.99. The van der Waals surface area contributed by atoms with Gasteiger partial charge in [-0.2, -0.15) is 10.5 Å². The smallest absolute Gasteiger partial charge is 0.240 e. The van der Waals surface area contributed by atoms with Crippen LogP contribution in [0.2, 0.25) is 0 Å². The lowest BCUT2D eigenvalue weighted by Gasteiger charge is -2.33. The standard InChI is InChI=1S/C25H37N5O3/c1-2-17-9-18-12-25(33,11-17)13-19(18)10-22(24(32)30-8-4-6-21(30)15-27)28-16-23(31)29-7-3-5-20(29)14-26/h17-22,28,33H,2-13,16H2,1H3. The van der Waals surface area contributed by atoms with E-state index in [9.17, 15) is 25.2 Å². The predicted molar refractivity (Wildman–Crippen MR) is 121 cm³/mol. The van der Waals surface area contributed by atoms with Gasteiger partial charge in [-0.15, -0.1) is 0 Å². The Labute approximate surface area is 196 Å². The van der Waals surface area contributed by atoms with Gasteiger partial charge in [-0.25, -0.2) is 0 Å². The van der Waals surface area contributed by atoms with Crippen LogP contribution in [-0.2, 0) is 9.59 Å². The number of carbonyl (C=O) groups excluding carboxylic acids is 2. The van der Waals surface area contributed by atoms with Crippen LogP contribution in [0.3, 0.4) is 0 Å². The number of fused-ring (bicyclic) bond motifs is 2. The van der Waals surface area contributed by atoms with E-state index in [0.29, 0.717) is 50.6 Å². The second-order valence-corrected chi connectivity index (χ2v) is 10.7. The van der Waals surface area contributed by atoms with E-state index in [1.54, 1.807) is 9.80 Å². The molecule has 2 aliphatic carbocycles.